The van der Waals surface area contributed by atoms with Crippen LogP contribution in [0, 0.1) is 15.9 Å². The van der Waals surface area contributed by atoms with Crippen molar-refractivity contribution in [2.75, 3.05) is 5.32 Å². The number of anilines is 1. The standard InChI is InChI=1S/C13H12FN3O3/c14-10-6-11(17(19)20)9-2-1-3-15-12(9)13(10)16-7-4-8(18)5-7/h1-3,6-8,16,18H,4-5H2. The van der Waals surface area contributed by atoms with Crippen molar-refractivity contribution in [2.45, 2.75) is 25.0 Å². The molecule has 2 aromatic rings. The first-order valence-electron chi connectivity index (χ1n) is 6.22. The van der Waals surface area contributed by atoms with Gasteiger partial charge in [-0.05, 0) is 25.0 Å². The fourth-order valence-corrected chi connectivity index (χ4v) is 2.39. The predicted octanol–water partition coefficient (Wildman–Crippen LogP) is 2.22. The van der Waals surface area contributed by atoms with E-state index in [4.69, 9.17) is 0 Å². The minimum absolute atomic E-state index is 0.0360. The van der Waals surface area contributed by atoms with E-state index in [1.165, 1.54) is 6.20 Å². The number of aromatic nitrogens is 1. The number of nitrogens with zero attached hydrogens (tertiary/aromatic N) is 2. The lowest BCUT2D eigenvalue weighted by atomic mass is 9.89. The van der Waals surface area contributed by atoms with Crippen LogP contribution < -0.4 is 5.32 Å². The van der Waals surface area contributed by atoms with Gasteiger partial charge in [0.15, 0.2) is 5.82 Å². The second kappa shape index (κ2) is 4.68. The van der Waals surface area contributed by atoms with Gasteiger partial charge in [0.25, 0.3) is 5.69 Å². The Labute approximate surface area is 113 Å². The van der Waals surface area contributed by atoms with E-state index in [9.17, 15) is 19.6 Å². The number of hydrogen-bond donors (Lipinski definition) is 2. The molecule has 0 spiro atoms. The van der Waals surface area contributed by atoms with E-state index in [0.717, 1.165) is 6.07 Å². The summed E-state index contributed by atoms with van der Waals surface area (Å²) in [6.45, 7) is 0. The summed E-state index contributed by atoms with van der Waals surface area (Å²) in [7, 11) is 0. The molecule has 0 amide bonds. The first-order chi connectivity index (χ1) is 9.56. The maximum Gasteiger partial charge on any atom is 0.281 e. The topological polar surface area (TPSA) is 88.3 Å². The zero-order valence-corrected chi connectivity index (χ0v) is 10.4. The van der Waals surface area contributed by atoms with Crippen molar-refractivity contribution in [3.8, 4) is 0 Å². The highest BCUT2D eigenvalue weighted by atomic mass is 19.1. The molecule has 20 heavy (non-hydrogen) atoms. The van der Waals surface area contributed by atoms with E-state index < -0.39 is 10.7 Å². The van der Waals surface area contributed by atoms with E-state index in [1.807, 2.05) is 0 Å². The molecule has 0 atom stereocenters. The summed E-state index contributed by atoms with van der Waals surface area (Å²) >= 11 is 0. The van der Waals surface area contributed by atoms with E-state index in [2.05, 4.69) is 10.3 Å². The number of aliphatic hydroxyl groups excluding tert-OH is 1. The minimum atomic E-state index is -0.704. The number of non-ortho nitro benzene ring substituents is 1. The van der Waals surface area contributed by atoms with Gasteiger partial charge in [0.1, 0.15) is 5.52 Å². The number of hydrogen-bond acceptors (Lipinski definition) is 5. The third-order valence-electron chi connectivity index (χ3n) is 3.48. The molecule has 0 bridgehead atoms. The molecule has 7 heteroatoms. The lowest BCUT2D eigenvalue weighted by molar-refractivity contribution is -0.383. The van der Waals surface area contributed by atoms with Crippen molar-refractivity contribution in [2.24, 2.45) is 0 Å². The smallest absolute Gasteiger partial charge is 0.281 e. The molecule has 104 valence electrons. The number of halogens is 1. The van der Waals surface area contributed by atoms with Crippen LogP contribution in [0.4, 0.5) is 15.8 Å². The fourth-order valence-electron chi connectivity index (χ4n) is 2.39. The number of benzene rings is 1. The SMILES string of the molecule is O=[N+]([O-])c1cc(F)c(NC2CC(O)C2)c2ncccc12. The van der Waals surface area contributed by atoms with Crippen LogP contribution >= 0.6 is 0 Å². The van der Waals surface area contributed by atoms with Gasteiger partial charge in [-0.25, -0.2) is 4.39 Å². The van der Waals surface area contributed by atoms with Crippen LogP contribution in [-0.4, -0.2) is 27.2 Å². The van der Waals surface area contributed by atoms with Crippen molar-refractivity contribution in [3.63, 3.8) is 0 Å². The second-order valence-electron chi connectivity index (χ2n) is 4.88. The quantitative estimate of drug-likeness (QED) is 0.663. The maximum atomic E-state index is 14.1. The Morgan fingerprint density at radius 2 is 2.25 bits per heavy atom. The van der Waals surface area contributed by atoms with Crippen molar-refractivity contribution in [1.82, 2.24) is 4.98 Å². The van der Waals surface area contributed by atoms with E-state index in [1.54, 1.807) is 12.1 Å². The molecule has 0 radical (unpaired) electrons. The number of aliphatic hydroxyl groups is 1. The van der Waals surface area contributed by atoms with Crippen molar-refractivity contribution < 1.29 is 14.4 Å². The minimum Gasteiger partial charge on any atom is -0.393 e. The molecule has 0 saturated heterocycles. The largest absolute Gasteiger partial charge is 0.393 e. The average Bonchev–Trinajstić information content (AvgIpc) is 2.39. The molecule has 1 aromatic heterocycles. The third-order valence-corrected chi connectivity index (χ3v) is 3.48. The Balaban J connectivity index is 2.10. The molecule has 1 aliphatic carbocycles. The van der Waals surface area contributed by atoms with Crippen LogP contribution in [0.5, 0.6) is 0 Å². The summed E-state index contributed by atoms with van der Waals surface area (Å²) in [6, 6.07) is 3.98. The lowest BCUT2D eigenvalue weighted by Gasteiger charge is -2.33. The number of nitro groups is 1. The van der Waals surface area contributed by atoms with Gasteiger partial charge in [0.2, 0.25) is 0 Å². The summed E-state index contributed by atoms with van der Waals surface area (Å²) < 4.78 is 14.1. The molecule has 0 unspecified atom stereocenters. The predicted molar refractivity (Wildman–Crippen MR) is 71.0 cm³/mol. The first-order valence-corrected chi connectivity index (χ1v) is 6.22. The fraction of sp³-hybridized carbons (Fsp3) is 0.308. The normalized spacial score (nSPS) is 21.5. The van der Waals surface area contributed by atoms with Crippen LogP contribution in [0.2, 0.25) is 0 Å². The van der Waals surface area contributed by atoms with E-state index in [0.29, 0.717) is 18.2 Å². The first kappa shape index (κ1) is 12.7. The van der Waals surface area contributed by atoms with Gasteiger partial charge in [-0.1, -0.05) is 0 Å². The van der Waals surface area contributed by atoms with Gasteiger partial charge in [-0.2, -0.15) is 0 Å². The summed E-state index contributed by atoms with van der Waals surface area (Å²) in [5.74, 6) is -0.704. The van der Waals surface area contributed by atoms with Crippen LogP contribution in [0.3, 0.4) is 0 Å². The van der Waals surface area contributed by atoms with Gasteiger partial charge < -0.3 is 10.4 Å². The molecule has 6 nitrogen and oxygen atoms in total. The van der Waals surface area contributed by atoms with Gasteiger partial charge in [-0.3, -0.25) is 15.1 Å². The van der Waals surface area contributed by atoms with Gasteiger partial charge >= 0.3 is 0 Å². The summed E-state index contributed by atoms with van der Waals surface area (Å²) in [5.41, 5.74) is 0.0912. The molecule has 1 heterocycles. The Bertz CT molecular complexity index is 686. The third kappa shape index (κ3) is 2.05. The Morgan fingerprint density at radius 3 is 2.90 bits per heavy atom. The molecule has 1 saturated carbocycles. The van der Waals surface area contributed by atoms with Gasteiger partial charge in [0.05, 0.1) is 28.2 Å². The molecular weight excluding hydrogens is 265 g/mol. The average molecular weight is 277 g/mol. The number of nitro benzene ring substituents is 1. The van der Waals surface area contributed by atoms with Crippen molar-refractivity contribution in [1.29, 1.82) is 0 Å². The van der Waals surface area contributed by atoms with E-state index in [-0.39, 0.29) is 29.0 Å². The highest BCUT2D eigenvalue weighted by Gasteiger charge is 2.29. The zero-order chi connectivity index (χ0) is 14.3. The second-order valence-corrected chi connectivity index (χ2v) is 4.88. The lowest BCUT2D eigenvalue weighted by Crippen LogP contribution is -2.39. The van der Waals surface area contributed by atoms with Crippen molar-refractivity contribution >= 4 is 22.3 Å². The molecular formula is C13H12FN3O3. The summed E-state index contributed by atoms with van der Waals surface area (Å²) in [5, 5.41) is 23.5. The van der Waals surface area contributed by atoms with E-state index >= 15 is 0 Å². The maximum absolute atomic E-state index is 14.1. The highest BCUT2D eigenvalue weighted by Crippen LogP contribution is 2.34. The molecule has 1 fully saturated rings. The summed E-state index contributed by atoms with van der Waals surface area (Å²) in [4.78, 5) is 14.4. The zero-order valence-electron chi connectivity index (χ0n) is 10.4. The Morgan fingerprint density at radius 1 is 1.50 bits per heavy atom. The van der Waals surface area contributed by atoms with Crippen LogP contribution in [0.15, 0.2) is 24.4 Å². The number of nitrogens with one attached hydrogen (secondary N) is 1. The Hall–Kier alpha value is -2.28. The molecule has 0 aliphatic heterocycles. The number of rotatable bonds is 3. The molecule has 2 N–H and O–H groups in total. The molecule has 1 aromatic carbocycles. The van der Waals surface area contributed by atoms with Crippen LogP contribution in [0.25, 0.3) is 10.9 Å². The molecule has 3 rings (SSSR count). The molecule has 1 aliphatic rings. The number of pyridine rings is 1. The van der Waals surface area contributed by atoms with Crippen LogP contribution in [-0.2, 0) is 0 Å². The van der Waals surface area contributed by atoms with Gasteiger partial charge in [-0.15, -0.1) is 0 Å². The van der Waals surface area contributed by atoms with Crippen molar-refractivity contribution in [3.05, 3.63) is 40.3 Å². The summed E-state index contributed by atoms with van der Waals surface area (Å²) in [6.07, 6.45) is 2.16. The highest BCUT2D eigenvalue weighted by molar-refractivity contribution is 5.97. The van der Waals surface area contributed by atoms with Crippen LogP contribution in [0.1, 0.15) is 12.8 Å². The monoisotopic (exact) mass is 277 g/mol. The number of fused-ring (bicyclic) bond motifs is 1. The van der Waals surface area contributed by atoms with Gasteiger partial charge in [0, 0.05) is 12.2 Å². The Kier molecular flexibility index (Phi) is 2.98.